The molecule has 3 rings (SSSR count). The Balaban J connectivity index is 0.00000176. The highest BCUT2D eigenvalue weighted by atomic mass is 35.5. The molecule has 2 N–H and O–H groups in total. The molecule has 1 amide bonds. The van der Waals surface area contributed by atoms with E-state index in [0.29, 0.717) is 0 Å². The van der Waals surface area contributed by atoms with Gasteiger partial charge >= 0.3 is 0 Å². The third-order valence-corrected chi connectivity index (χ3v) is 3.70. The van der Waals surface area contributed by atoms with E-state index in [1.54, 1.807) is 4.68 Å². The summed E-state index contributed by atoms with van der Waals surface area (Å²) in [6.07, 6.45) is 4.65. The van der Waals surface area contributed by atoms with Crippen molar-refractivity contribution < 1.29 is 4.79 Å². The molecule has 7 nitrogen and oxygen atoms in total. The number of hydrogen-bond donors (Lipinski definition) is 2. The van der Waals surface area contributed by atoms with E-state index >= 15 is 0 Å². The van der Waals surface area contributed by atoms with E-state index in [4.69, 9.17) is 0 Å². The fraction of sp³-hybridized carbons (Fsp3) is 0.429. The first kappa shape index (κ1) is 16.4. The summed E-state index contributed by atoms with van der Waals surface area (Å²) in [4.78, 5) is 12.2. The number of tetrazole rings is 1. The molecule has 1 saturated heterocycles. The van der Waals surface area contributed by atoms with Crippen LogP contribution < -0.4 is 10.6 Å². The molecule has 8 heteroatoms. The van der Waals surface area contributed by atoms with Gasteiger partial charge in [0.05, 0.1) is 11.7 Å². The Morgan fingerprint density at radius 2 is 2.27 bits per heavy atom. The van der Waals surface area contributed by atoms with E-state index in [0.717, 1.165) is 42.7 Å². The first-order chi connectivity index (χ1) is 10.2. The molecular weight excluding hydrogens is 304 g/mol. The van der Waals surface area contributed by atoms with Crippen LogP contribution in [0.25, 0.3) is 5.69 Å². The average molecular weight is 323 g/mol. The maximum Gasteiger partial charge on any atom is 0.241 e. The predicted octanol–water partition coefficient (Wildman–Crippen LogP) is 1.47. The molecule has 1 aromatic heterocycles. The Morgan fingerprint density at radius 1 is 1.41 bits per heavy atom. The highest BCUT2D eigenvalue weighted by Gasteiger charge is 2.20. The van der Waals surface area contributed by atoms with Gasteiger partial charge in [-0.25, -0.2) is 4.68 Å². The van der Waals surface area contributed by atoms with Crippen molar-refractivity contribution in [1.82, 2.24) is 25.5 Å². The molecule has 1 aliphatic heterocycles. The van der Waals surface area contributed by atoms with Crippen molar-refractivity contribution in [3.05, 3.63) is 30.1 Å². The second-order valence-electron chi connectivity index (χ2n) is 5.25. The Bertz CT molecular complexity index is 624. The number of carbonyl (C=O) groups excluding carboxylic acids is 1. The van der Waals surface area contributed by atoms with Gasteiger partial charge in [-0.1, -0.05) is 12.5 Å². The molecule has 0 bridgehead atoms. The molecule has 1 aliphatic rings. The highest BCUT2D eigenvalue weighted by molar-refractivity contribution is 5.95. The SMILES string of the molecule is Cc1ccc(NC(=O)[C@H]2CCCCN2)cc1-n1cnnn1.Cl. The minimum absolute atomic E-state index is 0. The zero-order valence-corrected chi connectivity index (χ0v) is 13.1. The van der Waals surface area contributed by atoms with Gasteiger partial charge in [-0.2, -0.15) is 0 Å². The van der Waals surface area contributed by atoms with Crippen molar-refractivity contribution in [3.63, 3.8) is 0 Å². The number of carbonyl (C=O) groups is 1. The Morgan fingerprint density at radius 3 is 2.95 bits per heavy atom. The van der Waals surface area contributed by atoms with Gasteiger partial charge in [0.15, 0.2) is 0 Å². The summed E-state index contributed by atoms with van der Waals surface area (Å²) in [6.45, 7) is 2.88. The van der Waals surface area contributed by atoms with Crippen molar-refractivity contribution in [1.29, 1.82) is 0 Å². The maximum atomic E-state index is 12.2. The molecule has 2 aromatic rings. The van der Waals surface area contributed by atoms with Gasteiger partial charge in [-0.15, -0.1) is 17.5 Å². The van der Waals surface area contributed by atoms with Gasteiger partial charge in [-0.3, -0.25) is 4.79 Å². The third kappa shape index (κ3) is 3.61. The largest absolute Gasteiger partial charge is 0.325 e. The quantitative estimate of drug-likeness (QED) is 0.894. The van der Waals surface area contributed by atoms with Gasteiger partial charge in [0.25, 0.3) is 0 Å². The topological polar surface area (TPSA) is 84.7 Å². The van der Waals surface area contributed by atoms with Crippen LogP contribution in [0.5, 0.6) is 0 Å². The minimum Gasteiger partial charge on any atom is -0.325 e. The summed E-state index contributed by atoms with van der Waals surface area (Å²) in [5, 5.41) is 17.4. The van der Waals surface area contributed by atoms with Crippen LogP contribution in [0.4, 0.5) is 5.69 Å². The number of aryl methyl sites for hydroxylation is 1. The molecule has 2 heterocycles. The molecule has 0 unspecified atom stereocenters. The monoisotopic (exact) mass is 322 g/mol. The van der Waals surface area contributed by atoms with Gasteiger partial charge in [-0.05, 0) is 54.4 Å². The Hall–Kier alpha value is -1.99. The molecule has 0 saturated carbocycles. The summed E-state index contributed by atoms with van der Waals surface area (Å²) in [5.74, 6) is 0.0150. The average Bonchev–Trinajstić information content (AvgIpc) is 3.04. The van der Waals surface area contributed by atoms with E-state index in [1.807, 2.05) is 25.1 Å². The number of halogens is 1. The fourth-order valence-corrected chi connectivity index (χ4v) is 2.51. The van der Waals surface area contributed by atoms with Gasteiger partial charge in [0, 0.05) is 5.69 Å². The van der Waals surface area contributed by atoms with Crippen LogP contribution >= 0.6 is 12.4 Å². The Labute approximate surface area is 134 Å². The molecule has 1 aromatic carbocycles. The van der Waals surface area contributed by atoms with Crippen LogP contribution in [0.1, 0.15) is 24.8 Å². The summed E-state index contributed by atoms with van der Waals surface area (Å²) in [6, 6.07) is 5.62. The fourth-order valence-electron chi connectivity index (χ4n) is 2.51. The van der Waals surface area contributed by atoms with E-state index in [2.05, 4.69) is 26.2 Å². The number of aromatic nitrogens is 4. The molecule has 1 fully saturated rings. The minimum atomic E-state index is -0.100. The van der Waals surface area contributed by atoms with Crippen LogP contribution in [0.15, 0.2) is 24.5 Å². The summed E-state index contributed by atoms with van der Waals surface area (Å²) < 4.78 is 1.59. The molecule has 0 radical (unpaired) electrons. The molecule has 1 atom stereocenters. The number of benzene rings is 1. The standard InChI is InChI=1S/C14H18N6O.ClH/c1-10-5-6-11(8-13(10)20-9-16-18-19-20)17-14(21)12-4-2-3-7-15-12;/h5-6,8-9,12,15H,2-4,7H2,1H3,(H,17,21);1H/t12-;/m1./s1. The van der Waals surface area contributed by atoms with E-state index < -0.39 is 0 Å². The number of hydrogen-bond acceptors (Lipinski definition) is 5. The number of piperidine rings is 1. The van der Waals surface area contributed by atoms with Crippen molar-refractivity contribution >= 4 is 24.0 Å². The van der Waals surface area contributed by atoms with Crippen LogP contribution in [0.2, 0.25) is 0 Å². The van der Waals surface area contributed by atoms with E-state index in [-0.39, 0.29) is 24.4 Å². The summed E-state index contributed by atoms with van der Waals surface area (Å²) >= 11 is 0. The van der Waals surface area contributed by atoms with Crippen LogP contribution in [-0.4, -0.2) is 38.7 Å². The molecule has 0 spiro atoms. The summed E-state index contributed by atoms with van der Waals surface area (Å²) in [5.41, 5.74) is 2.65. The first-order valence-electron chi connectivity index (χ1n) is 7.12. The van der Waals surface area contributed by atoms with E-state index in [9.17, 15) is 4.79 Å². The second kappa shape index (κ2) is 7.33. The van der Waals surface area contributed by atoms with Crippen molar-refractivity contribution in [2.24, 2.45) is 0 Å². The summed E-state index contributed by atoms with van der Waals surface area (Å²) in [7, 11) is 0. The number of nitrogens with zero attached hydrogens (tertiary/aromatic N) is 4. The normalized spacial score (nSPS) is 17.6. The maximum absolute atomic E-state index is 12.2. The van der Waals surface area contributed by atoms with Gasteiger partial charge < -0.3 is 10.6 Å². The smallest absolute Gasteiger partial charge is 0.241 e. The van der Waals surface area contributed by atoms with E-state index in [1.165, 1.54) is 6.33 Å². The van der Waals surface area contributed by atoms with Crippen molar-refractivity contribution in [2.45, 2.75) is 32.2 Å². The van der Waals surface area contributed by atoms with Crippen molar-refractivity contribution in [2.75, 3.05) is 11.9 Å². The lowest BCUT2D eigenvalue weighted by Crippen LogP contribution is -2.43. The first-order valence-corrected chi connectivity index (χ1v) is 7.12. The lowest BCUT2D eigenvalue weighted by molar-refractivity contribution is -0.118. The van der Waals surface area contributed by atoms with Crippen LogP contribution in [0, 0.1) is 6.92 Å². The zero-order chi connectivity index (χ0) is 14.7. The molecule has 0 aliphatic carbocycles. The Kier molecular flexibility index (Phi) is 5.46. The molecule has 22 heavy (non-hydrogen) atoms. The number of anilines is 1. The molecular formula is C14H19ClN6O. The third-order valence-electron chi connectivity index (χ3n) is 3.70. The zero-order valence-electron chi connectivity index (χ0n) is 12.3. The molecule has 118 valence electrons. The number of nitrogens with one attached hydrogen (secondary N) is 2. The van der Waals surface area contributed by atoms with Crippen LogP contribution in [-0.2, 0) is 4.79 Å². The lowest BCUT2D eigenvalue weighted by atomic mass is 10.0. The second-order valence-corrected chi connectivity index (χ2v) is 5.25. The van der Waals surface area contributed by atoms with Crippen LogP contribution in [0.3, 0.4) is 0 Å². The number of rotatable bonds is 3. The number of amides is 1. The predicted molar refractivity (Wildman–Crippen MR) is 85.4 cm³/mol. The van der Waals surface area contributed by atoms with Crippen molar-refractivity contribution in [3.8, 4) is 5.69 Å². The van der Waals surface area contributed by atoms with Gasteiger partial charge in [0.2, 0.25) is 5.91 Å². The lowest BCUT2D eigenvalue weighted by Gasteiger charge is -2.22. The van der Waals surface area contributed by atoms with Gasteiger partial charge in [0.1, 0.15) is 6.33 Å². The highest BCUT2D eigenvalue weighted by Crippen LogP contribution is 2.19.